The molecule has 2 aromatic carbocycles. The highest BCUT2D eigenvalue weighted by atomic mass is 35.5. The van der Waals surface area contributed by atoms with Gasteiger partial charge in [0, 0.05) is 17.0 Å². The van der Waals surface area contributed by atoms with Gasteiger partial charge in [0.2, 0.25) is 4.96 Å². The molecular formula is C23H16Cl2N4O2S2. The summed E-state index contributed by atoms with van der Waals surface area (Å²) in [6.07, 6.45) is 0.377. The molecule has 0 aliphatic carbocycles. The van der Waals surface area contributed by atoms with Gasteiger partial charge in [0.05, 0.1) is 4.88 Å². The average molecular weight is 515 g/mol. The van der Waals surface area contributed by atoms with E-state index in [-0.39, 0.29) is 23.9 Å². The second-order valence-corrected chi connectivity index (χ2v) is 9.30. The van der Waals surface area contributed by atoms with Crippen molar-refractivity contribution in [3.8, 4) is 10.6 Å². The Morgan fingerprint density at radius 1 is 1.03 bits per heavy atom. The fourth-order valence-corrected chi connectivity index (χ4v) is 5.16. The van der Waals surface area contributed by atoms with Crippen LogP contribution in [0.2, 0.25) is 5.02 Å². The van der Waals surface area contributed by atoms with Gasteiger partial charge in [-0.25, -0.2) is 4.52 Å². The van der Waals surface area contributed by atoms with Crippen molar-refractivity contribution in [1.29, 1.82) is 0 Å². The summed E-state index contributed by atoms with van der Waals surface area (Å²) in [5.74, 6) is -0.279. The topological polar surface area (TPSA) is 76.4 Å². The van der Waals surface area contributed by atoms with Crippen LogP contribution < -0.4 is 10.9 Å². The number of thiophene rings is 1. The van der Waals surface area contributed by atoms with Crippen LogP contribution in [0.25, 0.3) is 15.5 Å². The van der Waals surface area contributed by atoms with E-state index >= 15 is 0 Å². The van der Waals surface area contributed by atoms with E-state index in [4.69, 9.17) is 11.6 Å². The van der Waals surface area contributed by atoms with Crippen LogP contribution >= 0.6 is 46.7 Å². The molecule has 0 atom stereocenters. The van der Waals surface area contributed by atoms with Crippen LogP contribution in [-0.4, -0.2) is 20.5 Å². The first-order chi connectivity index (χ1) is 15.6. The predicted molar refractivity (Wildman–Crippen MR) is 136 cm³/mol. The molecule has 3 aromatic heterocycles. The molecule has 0 aliphatic rings. The van der Waals surface area contributed by atoms with E-state index in [0.29, 0.717) is 38.4 Å². The third-order valence-electron chi connectivity index (χ3n) is 4.77. The Kier molecular flexibility index (Phi) is 6.90. The molecule has 166 valence electrons. The van der Waals surface area contributed by atoms with Crippen LogP contribution in [-0.2, 0) is 6.42 Å². The number of nitrogens with one attached hydrogen (secondary N) is 1. The molecule has 3 heterocycles. The van der Waals surface area contributed by atoms with E-state index < -0.39 is 0 Å². The Morgan fingerprint density at radius 2 is 1.79 bits per heavy atom. The van der Waals surface area contributed by atoms with E-state index in [2.05, 4.69) is 15.4 Å². The minimum Gasteiger partial charge on any atom is -0.312 e. The third kappa shape index (κ3) is 4.84. The van der Waals surface area contributed by atoms with E-state index in [0.717, 1.165) is 10.4 Å². The van der Waals surface area contributed by atoms with Crippen molar-refractivity contribution in [3.05, 3.63) is 104 Å². The maximum atomic E-state index is 12.8. The SMILES string of the molecule is Cl.O=C(Nc1sc2nc(=O)c(Cc3ccccc3)nn2c1-c1cccs1)c1ccc(Cl)cc1. The molecule has 0 saturated heterocycles. The highest BCUT2D eigenvalue weighted by Gasteiger charge is 2.21. The Balaban J connectivity index is 0.00000259. The molecule has 1 amide bonds. The molecule has 10 heteroatoms. The van der Waals surface area contributed by atoms with Gasteiger partial charge in [-0.3, -0.25) is 9.59 Å². The van der Waals surface area contributed by atoms with Gasteiger partial charge in [-0.2, -0.15) is 10.1 Å². The first-order valence-corrected chi connectivity index (χ1v) is 11.7. The maximum Gasteiger partial charge on any atom is 0.296 e. The molecule has 5 rings (SSSR count). The normalized spacial score (nSPS) is 10.7. The molecule has 0 radical (unpaired) electrons. The number of nitrogens with zero attached hydrogens (tertiary/aromatic N) is 3. The summed E-state index contributed by atoms with van der Waals surface area (Å²) in [6, 6.07) is 20.2. The fraction of sp³-hybridized carbons (Fsp3) is 0.0435. The standard InChI is InChI=1S/C23H15ClN4O2S2.ClH/c24-16-10-8-15(9-11-16)20(29)25-22-19(18-7-4-12-31-18)28-23(32-22)26-21(30)17(27-28)13-14-5-2-1-3-6-14;/h1-12H,13H2,(H,25,29);1H. The lowest BCUT2D eigenvalue weighted by molar-refractivity contribution is 0.102. The summed E-state index contributed by atoms with van der Waals surface area (Å²) >= 11 is 8.67. The molecule has 0 spiro atoms. The smallest absolute Gasteiger partial charge is 0.296 e. The monoisotopic (exact) mass is 514 g/mol. The van der Waals surface area contributed by atoms with Crippen LogP contribution in [0.3, 0.4) is 0 Å². The average Bonchev–Trinajstić information content (AvgIpc) is 3.43. The van der Waals surface area contributed by atoms with Gasteiger partial charge in [0.1, 0.15) is 16.4 Å². The van der Waals surface area contributed by atoms with Crippen LogP contribution in [0.1, 0.15) is 21.6 Å². The van der Waals surface area contributed by atoms with Crippen LogP contribution in [0, 0.1) is 0 Å². The second kappa shape index (κ2) is 9.84. The number of hydrogen-bond acceptors (Lipinski definition) is 6. The lowest BCUT2D eigenvalue weighted by Gasteiger charge is -2.06. The fourth-order valence-electron chi connectivity index (χ4n) is 3.24. The first kappa shape index (κ1) is 23.1. The van der Waals surface area contributed by atoms with Crippen molar-refractivity contribution in [2.24, 2.45) is 0 Å². The lowest BCUT2D eigenvalue weighted by atomic mass is 10.1. The molecule has 0 bridgehead atoms. The van der Waals surface area contributed by atoms with E-state index in [1.807, 2.05) is 47.8 Å². The van der Waals surface area contributed by atoms with Gasteiger partial charge in [0.25, 0.3) is 11.5 Å². The number of rotatable bonds is 5. The number of amides is 1. The Morgan fingerprint density at radius 3 is 2.48 bits per heavy atom. The van der Waals surface area contributed by atoms with E-state index in [1.165, 1.54) is 22.7 Å². The largest absolute Gasteiger partial charge is 0.312 e. The van der Waals surface area contributed by atoms with Gasteiger partial charge < -0.3 is 5.32 Å². The number of halogens is 2. The minimum atomic E-state index is -0.372. The zero-order valence-electron chi connectivity index (χ0n) is 16.9. The molecule has 1 N–H and O–H groups in total. The summed E-state index contributed by atoms with van der Waals surface area (Å²) in [5.41, 5.74) is 2.12. The van der Waals surface area contributed by atoms with Gasteiger partial charge in [-0.1, -0.05) is 59.3 Å². The van der Waals surface area contributed by atoms with Crippen LogP contribution in [0.4, 0.5) is 5.00 Å². The highest BCUT2D eigenvalue weighted by Crippen LogP contribution is 2.37. The Labute approximate surface area is 207 Å². The van der Waals surface area contributed by atoms with Gasteiger partial charge in [-0.15, -0.1) is 23.7 Å². The van der Waals surface area contributed by atoms with Gasteiger partial charge in [-0.05, 0) is 41.3 Å². The maximum absolute atomic E-state index is 12.8. The van der Waals surface area contributed by atoms with Gasteiger partial charge in [0.15, 0.2) is 0 Å². The molecule has 6 nitrogen and oxygen atoms in total. The number of fused-ring (bicyclic) bond motifs is 1. The van der Waals surface area contributed by atoms with Crippen LogP contribution in [0.5, 0.6) is 0 Å². The molecule has 33 heavy (non-hydrogen) atoms. The minimum absolute atomic E-state index is 0. The molecule has 0 saturated carbocycles. The van der Waals surface area contributed by atoms with Crippen molar-refractivity contribution in [3.63, 3.8) is 0 Å². The molecule has 0 fully saturated rings. The molecular weight excluding hydrogens is 499 g/mol. The Bertz CT molecular complexity index is 1460. The molecule has 0 unspecified atom stereocenters. The summed E-state index contributed by atoms with van der Waals surface area (Å²) in [6.45, 7) is 0. The number of carbonyl (C=O) groups excluding carboxylic acids is 1. The van der Waals surface area contributed by atoms with E-state index in [9.17, 15) is 9.59 Å². The summed E-state index contributed by atoms with van der Waals surface area (Å²) in [7, 11) is 0. The highest BCUT2D eigenvalue weighted by molar-refractivity contribution is 7.22. The Hall–Kier alpha value is -3.04. The number of carbonyl (C=O) groups is 1. The lowest BCUT2D eigenvalue weighted by Crippen LogP contribution is -2.18. The predicted octanol–water partition coefficient (Wildman–Crippen LogP) is 5.80. The molecule has 0 aliphatic heterocycles. The van der Waals surface area contributed by atoms with E-state index in [1.54, 1.807) is 28.8 Å². The zero-order chi connectivity index (χ0) is 22.1. The van der Waals surface area contributed by atoms with Crippen molar-refractivity contribution < 1.29 is 4.79 Å². The number of aromatic nitrogens is 3. The number of anilines is 1. The van der Waals surface area contributed by atoms with Crippen molar-refractivity contribution in [2.45, 2.75) is 6.42 Å². The summed E-state index contributed by atoms with van der Waals surface area (Å²) < 4.78 is 1.65. The second-order valence-electron chi connectivity index (χ2n) is 6.94. The van der Waals surface area contributed by atoms with Crippen molar-refractivity contribution >= 4 is 62.6 Å². The molecule has 5 aromatic rings. The number of thiazole rings is 1. The van der Waals surface area contributed by atoms with Crippen molar-refractivity contribution in [1.82, 2.24) is 14.6 Å². The van der Waals surface area contributed by atoms with Crippen molar-refractivity contribution in [2.75, 3.05) is 5.32 Å². The quantitative estimate of drug-likeness (QED) is 0.321. The van der Waals surface area contributed by atoms with Crippen LogP contribution in [0.15, 0.2) is 76.9 Å². The summed E-state index contributed by atoms with van der Waals surface area (Å²) in [5, 5.41) is 10.7. The first-order valence-electron chi connectivity index (χ1n) is 9.66. The zero-order valence-corrected chi connectivity index (χ0v) is 20.1. The number of benzene rings is 2. The summed E-state index contributed by atoms with van der Waals surface area (Å²) in [4.78, 5) is 31.1. The third-order valence-corrected chi connectivity index (χ3v) is 6.84. The number of hydrogen-bond donors (Lipinski definition) is 1. The van der Waals surface area contributed by atoms with Gasteiger partial charge >= 0.3 is 0 Å².